The molecular weight excluding hydrogens is 354 g/mol. The minimum atomic E-state index is -0.806. The number of anilines is 1. The quantitative estimate of drug-likeness (QED) is 0.628. The monoisotopic (exact) mass is 377 g/mol. The highest BCUT2D eigenvalue weighted by atomic mass is 16.2. The molecule has 2 atom stereocenters. The van der Waals surface area contributed by atoms with Gasteiger partial charge in [-0.05, 0) is 35.7 Å². The Hall–Kier alpha value is -3.19. The van der Waals surface area contributed by atoms with Crippen LogP contribution in [0.15, 0.2) is 55.0 Å². The van der Waals surface area contributed by atoms with Crippen molar-refractivity contribution < 1.29 is 9.59 Å². The van der Waals surface area contributed by atoms with Gasteiger partial charge in [0.15, 0.2) is 0 Å². The van der Waals surface area contributed by atoms with E-state index in [0.717, 1.165) is 35.1 Å². The normalized spacial score (nSPS) is 17.6. The minimum Gasteiger partial charge on any atom is -0.359 e. The molecule has 7 nitrogen and oxygen atoms in total. The Morgan fingerprint density at radius 3 is 2.86 bits per heavy atom. The fraction of sp³-hybridized carbons (Fsp3) is 0.286. The smallest absolute Gasteiger partial charge is 0.249 e. The zero-order valence-electron chi connectivity index (χ0n) is 15.5. The summed E-state index contributed by atoms with van der Waals surface area (Å²) in [6, 6.07) is 13.1. The molecule has 4 rings (SSSR count). The summed E-state index contributed by atoms with van der Waals surface area (Å²) < 4.78 is 0. The van der Waals surface area contributed by atoms with Crippen LogP contribution in [0.2, 0.25) is 0 Å². The summed E-state index contributed by atoms with van der Waals surface area (Å²) in [6.45, 7) is 0.783. The molecule has 0 radical (unpaired) electrons. The number of aromatic nitrogens is 2. The van der Waals surface area contributed by atoms with E-state index in [1.165, 1.54) is 6.33 Å². The van der Waals surface area contributed by atoms with E-state index < -0.39 is 11.9 Å². The number of imidazole rings is 1. The van der Waals surface area contributed by atoms with Crippen molar-refractivity contribution in [2.75, 3.05) is 11.4 Å². The van der Waals surface area contributed by atoms with Crippen LogP contribution in [0, 0.1) is 0 Å². The fourth-order valence-corrected chi connectivity index (χ4v) is 3.73. The van der Waals surface area contributed by atoms with Crippen molar-refractivity contribution >= 4 is 28.3 Å². The van der Waals surface area contributed by atoms with Crippen LogP contribution < -0.4 is 16.0 Å². The first kappa shape index (κ1) is 18.2. The number of nitrogens with two attached hydrogens (primary N) is 1. The molecule has 1 saturated heterocycles. The molecule has 2 amide bonds. The molecule has 7 heteroatoms. The number of hydrogen-bond donors (Lipinski definition) is 3. The van der Waals surface area contributed by atoms with Gasteiger partial charge in [0.1, 0.15) is 6.04 Å². The van der Waals surface area contributed by atoms with E-state index in [0.29, 0.717) is 12.8 Å². The topological polar surface area (TPSA) is 104 Å². The van der Waals surface area contributed by atoms with Gasteiger partial charge in [-0.2, -0.15) is 0 Å². The van der Waals surface area contributed by atoms with Gasteiger partial charge in [-0.3, -0.25) is 14.9 Å². The molecule has 3 aromatic rings. The highest BCUT2D eigenvalue weighted by molar-refractivity contribution is 6.01. The minimum absolute atomic E-state index is 0.296. The van der Waals surface area contributed by atoms with Crippen molar-refractivity contribution in [3.05, 3.63) is 60.7 Å². The van der Waals surface area contributed by atoms with E-state index in [1.54, 1.807) is 6.20 Å². The molecule has 2 heterocycles. The molecule has 0 bridgehead atoms. The summed E-state index contributed by atoms with van der Waals surface area (Å²) in [7, 11) is 0. The van der Waals surface area contributed by atoms with Crippen LogP contribution in [0.1, 0.15) is 18.5 Å². The van der Waals surface area contributed by atoms with Crippen LogP contribution in [0.5, 0.6) is 0 Å². The fourth-order valence-electron chi connectivity index (χ4n) is 3.73. The second-order valence-electron chi connectivity index (χ2n) is 7.12. The summed E-state index contributed by atoms with van der Waals surface area (Å²) >= 11 is 0. The third-order valence-corrected chi connectivity index (χ3v) is 5.20. The number of amides is 2. The predicted molar refractivity (Wildman–Crippen MR) is 108 cm³/mol. The van der Waals surface area contributed by atoms with Gasteiger partial charge in [-0.25, -0.2) is 4.98 Å². The number of nitrogens with one attached hydrogen (secondary N) is 2. The van der Waals surface area contributed by atoms with Crippen molar-refractivity contribution in [2.45, 2.75) is 31.3 Å². The Labute approximate surface area is 162 Å². The number of imide groups is 1. The summed E-state index contributed by atoms with van der Waals surface area (Å²) in [5.41, 5.74) is 7.69. The highest BCUT2D eigenvalue weighted by Gasteiger charge is 2.32. The summed E-state index contributed by atoms with van der Waals surface area (Å²) in [5, 5.41) is 4.78. The van der Waals surface area contributed by atoms with Crippen molar-refractivity contribution in [3.8, 4) is 0 Å². The van der Waals surface area contributed by atoms with E-state index in [9.17, 15) is 9.59 Å². The summed E-state index contributed by atoms with van der Waals surface area (Å²) in [5.74, 6) is -0.763. The van der Waals surface area contributed by atoms with Crippen molar-refractivity contribution in [1.29, 1.82) is 0 Å². The first-order chi connectivity index (χ1) is 13.6. The Morgan fingerprint density at radius 2 is 2.07 bits per heavy atom. The Kier molecular flexibility index (Phi) is 5.08. The number of rotatable bonds is 5. The van der Waals surface area contributed by atoms with Crippen LogP contribution in [0.4, 0.5) is 5.69 Å². The average molecular weight is 377 g/mol. The van der Waals surface area contributed by atoms with Crippen molar-refractivity contribution in [2.24, 2.45) is 5.73 Å². The molecule has 2 aromatic carbocycles. The number of aromatic amines is 1. The second-order valence-corrected chi connectivity index (χ2v) is 7.12. The Balaban J connectivity index is 1.44. The Morgan fingerprint density at radius 1 is 1.25 bits per heavy atom. The largest absolute Gasteiger partial charge is 0.359 e. The van der Waals surface area contributed by atoms with Gasteiger partial charge in [-0.1, -0.05) is 30.3 Å². The van der Waals surface area contributed by atoms with E-state index >= 15 is 0 Å². The van der Waals surface area contributed by atoms with Crippen molar-refractivity contribution in [3.63, 3.8) is 0 Å². The number of benzene rings is 2. The standard InChI is InChI=1S/C21H23N5O2/c22-18(11-16-12-23-13-24-16)20(27)25-21(28)19-6-3-9-26(19)17-8-7-14-4-1-2-5-15(14)10-17/h1-2,4-5,7-8,10,12-13,18-19H,3,6,9,11,22H2,(H,23,24)(H,25,27,28)/t18-,19-/m0/s1. The lowest BCUT2D eigenvalue weighted by molar-refractivity contribution is -0.131. The maximum Gasteiger partial charge on any atom is 0.249 e. The van der Waals surface area contributed by atoms with E-state index in [4.69, 9.17) is 5.73 Å². The zero-order chi connectivity index (χ0) is 19.5. The molecule has 28 heavy (non-hydrogen) atoms. The molecule has 4 N–H and O–H groups in total. The lowest BCUT2D eigenvalue weighted by Crippen LogP contribution is -2.51. The maximum absolute atomic E-state index is 12.8. The molecule has 0 unspecified atom stereocenters. The van der Waals surface area contributed by atoms with Gasteiger partial charge in [-0.15, -0.1) is 0 Å². The third kappa shape index (κ3) is 3.75. The molecule has 1 aliphatic rings. The number of H-pyrrole nitrogens is 1. The van der Waals surface area contributed by atoms with Gasteiger partial charge >= 0.3 is 0 Å². The van der Waals surface area contributed by atoms with Gasteiger partial charge in [0.25, 0.3) is 0 Å². The van der Waals surface area contributed by atoms with Crippen LogP contribution in [-0.2, 0) is 16.0 Å². The van der Waals surface area contributed by atoms with Gasteiger partial charge in [0, 0.05) is 30.5 Å². The Bertz CT molecular complexity index is 985. The van der Waals surface area contributed by atoms with Crippen LogP contribution in [-0.4, -0.2) is 40.4 Å². The van der Waals surface area contributed by atoms with Gasteiger partial charge in [0.05, 0.1) is 12.4 Å². The van der Waals surface area contributed by atoms with Gasteiger partial charge < -0.3 is 15.6 Å². The molecule has 1 fully saturated rings. The lowest BCUT2D eigenvalue weighted by Gasteiger charge is -2.26. The molecule has 0 spiro atoms. The molecule has 1 aromatic heterocycles. The maximum atomic E-state index is 12.8. The van der Waals surface area contributed by atoms with Crippen LogP contribution in [0.3, 0.4) is 0 Å². The molecule has 0 saturated carbocycles. The first-order valence-electron chi connectivity index (χ1n) is 9.45. The highest BCUT2D eigenvalue weighted by Crippen LogP contribution is 2.28. The van der Waals surface area contributed by atoms with Gasteiger partial charge in [0.2, 0.25) is 11.8 Å². The lowest BCUT2D eigenvalue weighted by atomic mass is 10.1. The van der Waals surface area contributed by atoms with E-state index in [2.05, 4.69) is 44.5 Å². The van der Waals surface area contributed by atoms with E-state index in [-0.39, 0.29) is 11.9 Å². The average Bonchev–Trinajstić information content (AvgIpc) is 3.39. The predicted octanol–water partition coefficient (Wildman–Crippen LogP) is 1.74. The summed E-state index contributed by atoms with van der Waals surface area (Å²) in [6.07, 6.45) is 5.07. The third-order valence-electron chi connectivity index (χ3n) is 5.20. The van der Waals surface area contributed by atoms with Crippen LogP contribution in [0.25, 0.3) is 10.8 Å². The van der Waals surface area contributed by atoms with Crippen LogP contribution >= 0.6 is 0 Å². The molecular formula is C21H23N5O2. The van der Waals surface area contributed by atoms with Crippen molar-refractivity contribution in [1.82, 2.24) is 15.3 Å². The first-order valence-corrected chi connectivity index (χ1v) is 9.45. The number of hydrogen-bond acceptors (Lipinski definition) is 5. The second kappa shape index (κ2) is 7.82. The molecule has 144 valence electrons. The number of fused-ring (bicyclic) bond motifs is 1. The number of carbonyl (C=O) groups excluding carboxylic acids is 2. The number of carbonyl (C=O) groups is 2. The zero-order valence-corrected chi connectivity index (χ0v) is 15.5. The number of nitrogens with zero attached hydrogens (tertiary/aromatic N) is 2. The van der Waals surface area contributed by atoms with E-state index in [1.807, 2.05) is 18.2 Å². The molecule has 1 aliphatic heterocycles. The SMILES string of the molecule is N[C@@H](Cc1cnc[nH]1)C(=O)NC(=O)[C@@H]1CCCN1c1ccc2ccccc2c1. The summed E-state index contributed by atoms with van der Waals surface area (Å²) in [4.78, 5) is 34.0. The molecule has 0 aliphatic carbocycles.